The molecule has 18 heavy (non-hydrogen) atoms. The summed E-state index contributed by atoms with van der Waals surface area (Å²) in [6.07, 6.45) is 0.523. The summed E-state index contributed by atoms with van der Waals surface area (Å²) in [7, 11) is 0. The lowest BCUT2D eigenvalue weighted by Crippen LogP contribution is -2.41. The number of rotatable bonds is 7. The number of carboxylic acids is 1. The molecule has 0 aliphatic heterocycles. The highest BCUT2D eigenvalue weighted by molar-refractivity contribution is 5.71. The van der Waals surface area contributed by atoms with E-state index in [9.17, 15) is 9.59 Å². The Morgan fingerprint density at radius 2 is 2.06 bits per heavy atom. The van der Waals surface area contributed by atoms with Crippen LogP contribution in [0.4, 0.5) is 4.79 Å². The van der Waals surface area contributed by atoms with Crippen molar-refractivity contribution in [1.29, 1.82) is 0 Å². The van der Waals surface area contributed by atoms with Gasteiger partial charge in [0.05, 0.1) is 24.7 Å². The maximum atomic E-state index is 11.3. The van der Waals surface area contributed by atoms with Crippen molar-refractivity contribution in [2.45, 2.75) is 38.8 Å². The zero-order chi connectivity index (χ0) is 14.2. The largest absolute Gasteiger partial charge is 0.481 e. The number of carboxylic acid groups (broad SMARTS) is 1. The normalized spacial score (nSPS) is 12.6. The first-order chi connectivity index (χ1) is 8.24. The van der Waals surface area contributed by atoms with Crippen LogP contribution in [0.15, 0.2) is 12.7 Å². The van der Waals surface area contributed by atoms with Gasteiger partial charge in [0.25, 0.3) is 0 Å². The van der Waals surface area contributed by atoms with Crippen LogP contribution in [0.25, 0.3) is 0 Å². The van der Waals surface area contributed by atoms with Gasteiger partial charge in [-0.25, -0.2) is 4.79 Å². The van der Waals surface area contributed by atoms with E-state index in [2.05, 4.69) is 11.9 Å². The maximum absolute atomic E-state index is 11.3. The average Bonchev–Trinajstić information content (AvgIpc) is 2.21. The van der Waals surface area contributed by atoms with Gasteiger partial charge < -0.3 is 19.9 Å². The Morgan fingerprint density at radius 1 is 1.44 bits per heavy atom. The van der Waals surface area contributed by atoms with E-state index in [0.29, 0.717) is 0 Å². The fourth-order valence-electron chi connectivity index (χ4n) is 1.06. The Kier molecular flexibility index (Phi) is 7.04. The van der Waals surface area contributed by atoms with Crippen molar-refractivity contribution in [2.24, 2.45) is 0 Å². The molecule has 6 nitrogen and oxygen atoms in total. The lowest BCUT2D eigenvalue weighted by molar-refractivity contribution is -0.138. The van der Waals surface area contributed by atoms with Crippen LogP contribution in [0, 0.1) is 0 Å². The predicted octanol–water partition coefficient (Wildman–Crippen LogP) is 1.56. The fourth-order valence-corrected chi connectivity index (χ4v) is 1.06. The van der Waals surface area contributed by atoms with Crippen molar-refractivity contribution in [3.8, 4) is 0 Å². The van der Waals surface area contributed by atoms with E-state index >= 15 is 0 Å². The van der Waals surface area contributed by atoms with E-state index in [-0.39, 0.29) is 19.6 Å². The molecule has 6 heteroatoms. The topological polar surface area (TPSA) is 84.9 Å². The number of carbonyl (C=O) groups is 2. The van der Waals surface area contributed by atoms with Crippen LogP contribution in [0.5, 0.6) is 0 Å². The summed E-state index contributed by atoms with van der Waals surface area (Å²) in [5.41, 5.74) is -0.399. The minimum absolute atomic E-state index is 0.0752. The van der Waals surface area contributed by atoms with Gasteiger partial charge in [0, 0.05) is 0 Å². The molecule has 0 saturated carbocycles. The zero-order valence-corrected chi connectivity index (χ0v) is 11.1. The Morgan fingerprint density at radius 3 is 2.50 bits per heavy atom. The molecule has 104 valence electrons. The van der Waals surface area contributed by atoms with E-state index < -0.39 is 23.7 Å². The van der Waals surface area contributed by atoms with Crippen molar-refractivity contribution >= 4 is 12.1 Å². The molecular weight excluding hydrogens is 238 g/mol. The highest BCUT2D eigenvalue weighted by Gasteiger charge is 2.20. The molecule has 0 aromatic rings. The Balaban J connectivity index is 4.26. The third-order valence-corrected chi connectivity index (χ3v) is 1.79. The number of carbonyl (C=O) groups excluding carboxylic acids is 1. The monoisotopic (exact) mass is 259 g/mol. The fraction of sp³-hybridized carbons (Fsp3) is 0.667. The molecule has 0 radical (unpaired) electrons. The van der Waals surface area contributed by atoms with Crippen LogP contribution in [-0.2, 0) is 14.3 Å². The Hall–Kier alpha value is -1.56. The smallest absolute Gasteiger partial charge is 0.407 e. The molecule has 1 atom stereocenters. The summed E-state index contributed by atoms with van der Waals surface area (Å²) in [4.78, 5) is 22.0. The number of amides is 1. The molecule has 0 heterocycles. The quantitative estimate of drug-likeness (QED) is 0.678. The molecule has 0 spiro atoms. The van der Waals surface area contributed by atoms with Crippen LogP contribution in [0.1, 0.15) is 27.2 Å². The molecule has 0 bridgehead atoms. The summed E-state index contributed by atoms with van der Waals surface area (Å²) in [6.45, 7) is 9.13. The Bertz CT molecular complexity index is 295. The van der Waals surface area contributed by atoms with Crippen molar-refractivity contribution in [2.75, 3.05) is 13.2 Å². The first-order valence-electron chi connectivity index (χ1n) is 5.64. The molecule has 0 rings (SSSR count). The van der Waals surface area contributed by atoms with Gasteiger partial charge in [0.1, 0.15) is 6.61 Å². The van der Waals surface area contributed by atoms with E-state index in [1.165, 1.54) is 6.08 Å². The molecule has 0 aromatic heterocycles. The molecule has 0 aliphatic rings. The van der Waals surface area contributed by atoms with Crippen molar-refractivity contribution in [1.82, 2.24) is 5.32 Å². The second kappa shape index (κ2) is 7.71. The number of ether oxygens (including phenoxy) is 2. The van der Waals surface area contributed by atoms with Crippen molar-refractivity contribution < 1.29 is 24.2 Å². The number of alkyl carbamates (subject to hydrolysis) is 1. The number of aliphatic carboxylic acids is 1. The van der Waals surface area contributed by atoms with Gasteiger partial charge in [-0.05, 0) is 20.8 Å². The SMILES string of the molecule is C=CCOC(=O)N[C@H](COC(C)(C)C)CC(=O)O. The summed E-state index contributed by atoms with van der Waals surface area (Å²) >= 11 is 0. The van der Waals surface area contributed by atoms with E-state index in [1.54, 1.807) is 0 Å². The van der Waals surface area contributed by atoms with Gasteiger partial charge >= 0.3 is 12.1 Å². The molecule has 0 saturated heterocycles. The highest BCUT2D eigenvalue weighted by atomic mass is 16.5. The second-order valence-corrected chi connectivity index (χ2v) is 4.75. The molecule has 2 N–H and O–H groups in total. The van der Waals surface area contributed by atoms with Crippen molar-refractivity contribution in [3.63, 3.8) is 0 Å². The van der Waals surface area contributed by atoms with Crippen LogP contribution in [-0.4, -0.2) is 42.0 Å². The number of hydrogen-bond acceptors (Lipinski definition) is 4. The van der Waals surface area contributed by atoms with Crippen LogP contribution in [0.3, 0.4) is 0 Å². The average molecular weight is 259 g/mol. The van der Waals surface area contributed by atoms with Gasteiger partial charge in [-0.3, -0.25) is 4.79 Å². The highest BCUT2D eigenvalue weighted by Crippen LogP contribution is 2.08. The van der Waals surface area contributed by atoms with Gasteiger partial charge in [-0.1, -0.05) is 12.7 Å². The van der Waals surface area contributed by atoms with E-state index in [0.717, 1.165) is 0 Å². The van der Waals surface area contributed by atoms with Gasteiger partial charge in [0.15, 0.2) is 0 Å². The molecule has 0 fully saturated rings. The number of nitrogens with one attached hydrogen (secondary N) is 1. The molecule has 0 aliphatic carbocycles. The van der Waals surface area contributed by atoms with Crippen LogP contribution in [0.2, 0.25) is 0 Å². The lowest BCUT2D eigenvalue weighted by atomic mass is 10.1. The molecular formula is C12H21NO5. The predicted molar refractivity (Wildman–Crippen MR) is 66.4 cm³/mol. The van der Waals surface area contributed by atoms with Crippen LogP contribution < -0.4 is 5.32 Å². The minimum Gasteiger partial charge on any atom is -0.481 e. The zero-order valence-electron chi connectivity index (χ0n) is 11.1. The lowest BCUT2D eigenvalue weighted by Gasteiger charge is -2.24. The standard InChI is InChI=1S/C12H21NO5/c1-5-6-17-11(16)13-9(7-10(14)15)8-18-12(2,3)4/h5,9H,1,6-8H2,2-4H3,(H,13,16)(H,14,15)/t9-/m0/s1. The molecule has 0 aromatic carbocycles. The summed E-state index contributed by atoms with van der Waals surface area (Å²) in [6, 6.07) is -0.626. The first kappa shape index (κ1) is 16.4. The first-order valence-corrected chi connectivity index (χ1v) is 5.64. The minimum atomic E-state index is -1.01. The second-order valence-electron chi connectivity index (χ2n) is 4.75. The van der Waals surface area contributed by atoms with Gasteiger partial charge in [0.2, 0.25) is 0 Å². The van der Waals surface area contributed by atoms with Gasteiger partial charge in [-0.2, -0.15) is 0 Å². The van der Waals surface area contributed by atoms with Crippen LogP contribution >= 0.6 is 0 Å². The molecule has 1 amide bonds. The van der Waals surface area contributed by atoms with Gasteiger partial charge in [-0.15, -0.1) is 0 Å². The van der Waals surface area contributed by atoms with Crippen molar-refractivity contribution in [3.05, 3.63) is 12.7 Å². The summed E-state index contributed by atoms with van der Waals surface area (Å²) in [5.74, 6) is -1.01. The third-order valence-electron chi connectivity index (χ3n) is 1.79. The summed E-state index contributed by atoms with van der Waals surface area (Å²) < 4.78 is 10.2. The number of hydrogen-bond donors (Lipinski definition) is 2. The van der Waals surface area contributed by atoms with E-state index in [4.69, 9.17) is 14.6 Å². The molecule has 0 unspecified atom stereocenters. The third kappa shape index (κ3) is 9.65. The van der Waals surface area contributed by atoms with E-state index in [1.807, 2.05) is 20.8 Å². The Labute approximate surface area is 107 Å². The maximum Gasteiger partial charge on any atom is 0.407 e. The summed E-state index contributed by atoms with van der Waals surface area (Å²) in [5, 5.41) is 11.2.